The molecule has 1 aliphatic carbocycles. The molecule has 1 aromatic carbocycles. The summed E-state index contributed by atoms with van der Waals surface area (Å²) in [6, 6.07) is 3.73. The van der Waals surface area contributed by atoms with Gasteiger partial charge in [-0.25, -0.2) is 9.48 Å². The van der Waals surface area contributed by atoms with E-state index in [1.165, 1.54) is 0 Å². The van der Waals surface area contributed by atoms with E-state index in [2.05, 4.69) is 5.10 Å². The minimum Gasteiger partial charge on any atom is -0.444 e. The van der Waals surface area contributed by atoms with Crippen LogP contribution in [-0.4, -0.2) is 51.2 Å². The second-order valence-corrected chi connectivity index (χ2v) is 10.2. The Kier molecular flexibility index (Phi) is 4.58. The van der Waals surface area contributed by atoms with Gasteiger partial charge in [0.25, 0.3) is 0 Å². The standard InChI is InChI=1S/C22H28ClN3O4/c1-21(2,3)30-20(27)25-11-16-17(12-25)22(16,28)15-8-13(23)9-18-14(15)10-24-26(18)19-6-4-5-7-29-19/h8-10,16-17,19,28H,4-7,11-12H2,1-3H3/t16-,17+,19?,22?. The number of halogens is 1. The molecule has 3 aliphatic rings. The average Bonchev–Trinajstić information content (AvgIpc) is 3.08. The SMILES string of the molecule is CC(C)(C)OC(=O)N1C[C@@H]2[C@H](C1)C2(O)c1cc(Cl)cc2c1cnn2C1CCCCO1. The van der Waals surface area contributed by atoms with Crippen LogP contribution in [0.4, 0.5) is 4.79 Å². The van der Waals surface area contributed by atoms with Gasteiger partial charge in [-0.1, -0.05) is 11.6 Å². The van der Waals surface area contributed by atoms with Gasteiger partial charge in [-0.2, -0.15) is 5.10 Å². The van der Waals surface area contributed by atoms with Gasteiger partial charge in [-0.3, -0.25) is 0 Å². The number of carbonyl (C=O) groups excluding carboxylic acids is 1. The molecule has 2 aliphatic heterocycles. The van der Waals surface area contributed by atoms with Crippen LogP contribution in [0.5, 0.6) is 0 Å². The largest absolute Gasteiger partial charge is 0.444 e. The first-order chi connectivity index (χ1) is 14.2. The Morgan fingerprint density at radius 3 is 2.67 bits per heavy atom. The van der Waals surface area contributed by atoms with E-state index in [1.54, 1.807) is 11.1 Å². The van der Waals surface area contributed by atoms with Crippen LogP contribution in [-0.2, 0) is 15.1 Å². The van der Waals surface area contributed by atoms with Gasteiger partial charge in [0.15, 0.2) is 6.23 Å². The lowest BCUT2D eigenvalue weighted by Crippen LogP contribution is -2.39. The molecule has 30 heavy (non-hydrogen) atoms. The number of rotatable bonds is 2. The summed E-state index contributed by atoms with van der Waals surface area (Å²) in [5.41, 5.74) is 0.149. The van der Waals surface area contributed by atoms with E-state index in [4.69, 9.17) is 21.1 Å². The van der Waals surface area contributed by atoms with E-state index >= 15 is 0 Å². The zero-order valence-corrected chi connectivity index (χ0v) is 18.4. The summed E-state index contributed by atoms with van der Waals surface area (Å²) in [5, 5.41) is 17.6. The number of piperidine rings is 1. The molecule has 5 rings (SSSR count). The maximum absolute atomic E-state index is 12.4. The number of benzene rings is 1. The number of aromatic nitrogens is 2. The summed E-state index contributed by atoms with van der Waals surface area (Å²) in [4.78, 5) is 14.1. The Labute approximate surface area is 180 Å². The second-order valence-electron chi connectivity index (χ2n) is 9.72. The van der Waals surface area contributed by atoms with Crippen molar-refractivity contribution in [1.29, 1.82) is 0 Å². The molecule has 1 amide bonds. The van der Waals surface area contributed by atoms with Gasteiger partial charge in [0, 0.05) is 41.9 Å². The second kappa shape index (κ2) is 6.84. The summed E-state index contributed by atoms with van der Waals surface area (Å²) in [5.74, 6) is -0.0538. The number of ether oxygens (including phenoxy) is 2. The minimum atomic E-state index is -0.997. The Morgan fingerprint density at radius 1 is 1.30 bits per heavy atom. The van der Waals surface area contributed by atoms with Crippen molar-refractivity contribution in [3.8, 4) is 0 Å². The lowest BCUT2D eigenvalue weighted by molar-refractivity contribution is -0.0366. The molecule has 2 saturated heterocycles. The third-order valence-corrected chi connectivity index (χ3v) is 6.75. The van der Waals surface area contributed by atoms with Crippen LogP contribution < -0.4 is 0 Å². The normalized spacial score (nSPS) is 31.1. The Bertz CT molecular complexity index is 980. The number of carbonyl (C=O) groups is 1. The molecule has 4 atom stereocenters. The fourth-order valence-corrected chi connectivity index (χ4v) is 5.28. The number of fused-ring (bicyclic) bond motifs is 2. The van der Waals surface area contributed by atoms with Gasteiger partial charge >= 0.3 is 6.09 Å². The molecule has 0 radical (unpaired) electrons. The highest BCUT2D eigenvalue weighted by atomic mass is 35.5. The number of likely N-dealkylation sites (tertiary alicyclic amines) is 1. The molecular weight excluding hydrogens is 406 g/mol. The number of aliphatic hydroxyl groups is 1. The summed E-state index contributed by atoms with van der Waals surface area (Å²) >= 11 is 6.46. The van der Waals surface area contributed by atoms with Crippen molar-refractivity contribution < 1.29 is 19.4 Å². The van der Waals surface area contributed by atoms with E-state index in [0.29, 0.717) is 18.1 Å². The maximum Gasteiger partial charge on any atom is 0.410 e. The Morgan fingerprint density at radius 2 is 2.03 bits per heavy atom. The van der Waals surface area contributed by atoms with Gasteiger partial charge in [-0.15, -0.1) is 0 Å². The van der Waals surface area contributed by atoms with Crippen LogP contribution in [0.15, 0.2) is 18.3 Å². The molecule has 3 fully saturated rings. The van der Waals surface area contributed by atoms with Crippen molar-refractivity contribution in [2.45, 2.75) is 57.5 Å². The quantitative estimate of drug-likeness (QED) is 0.772. The highest BCUT2D eigenvalue weighted by Crippen LogP contribution is 2.63. The highest BCUT2D eigenvalue weighted by Gasteiger charge is 2.70. The molecule has 7 nitrogen and oxygen atoms in total. The molecule has 1 N–H and O–H groups in total. The lowest BCUT2D eigenvalue weighted by Gasteiger charge is -2.28. The summed E-state index contributed by atoms with van der Waals surface area (Å²) < 4.78 is 13.3. The molecule has 8 heteroatoms. The van der Waals surface area contributed by atoms with E-state index in [9.17, 15) is 9.90 Å². The molecular formula is C22H28ClN3O4. The van der Waals surface area contributed by atoms with Gasteiger partial charge in [-0.05, 0) is 57.7 Å². The van der Waals surface area contributed by atoms with Crippen molar-refractivity contribution >= 4 is 28.6 Å². The van der Waals surface area contributed by atoms with Crippen LogP contribution in [0.2, 0.25) is 5.02 Å². The summed E-state index contributed by atoms with van der Waals surface area (Å²) in [6.07, 6.45) is 4.47. The highest BCUT2D eigenvalue weighted by molar-refractivity contribution is 6.31. The first-order valence-electron chi connectivity index (χ1n) is 10.7. The molecule has 162 valence electrons. The van der Waals surface area contributed by atoms with Crippen LogP contribution in [0.25, 0.3) is 10.9 Å². The lowest BCUT2D eigenvalue weighted by atomic mass is 9.99. The van der Waals surface area contributed by atoms with Gasteiger partial charge < -0.3 is 19.5 Å². The third-order valence-electron chi connectivity index (χ3n) is 6.53. The third kappa shape index (κ3) is 3.18. The van der Waals surface area contributed by atoms with Crippen molar-refractivity contribution in [3.63, 3.8) is 0 Å². The Balaban J connectivity index is 1.41. The van der Waals surface area contributed by atoms with Crippen molar-refractivity contribution in [3.05, 3.63) is 28.9 Å². The van der Waals surface area contributed by atoms with E-state index in [0.717, 1.165) is 42.3 Å². The topological polar surface area (TPSA) is 76.8 Å². The van der Waals surface area contributed by atoms with Crippen molar-refractivity contribution in [2.75, 3.05) is 19.7 Å². The number of hydrogen-bond donors (Lipinski definition) is 1. The predicted molar refractivity (Wildman–Crippen MR) is 112 cm³/mol. The monoisotopic (exact) mass is 433 g/mol. The first kappa shape index (κ1) is 20.1. The Hall–Kier alpha value is -1.83. The van der Waals surface area contributed by atoms with Crippen molar-refractivity contribution in [2.24, 2.45) is 11.8 Å². The van der Waals surface area contributed by atoms with E-state index in [-0.39, 0.29) is 24.2 Å². The number of amides is 1. The molecule has 1 saturated carbocycles. The first-order valence-corrected chi connectivity index (χ1v) is 11.1. The maximum atomic E-state index is 12.4. The van der Waals surface area contributed by atoms with Crippen LogP contribution >= 0.6 is 11.6 Å². The van der Waals surface area contributed by atoms with Gasteiger partial charge in [0.1, 0.15) is 11.2 Å². The van der Waals surface area contributed by atoms with Crippen LogP contribution in [0, 0.1) is 11.8 Å². The zero-order valence-electron chi connectivity index (χ0n) is 17.6. The molecule has 0 bridgehead atoms. The van der Waals surface area contributed by atoms with Gasteiger partial charge in [0.05, 0.1) is 11.7 Å². The molecule has 1 aromatic heterocycles. The molecule has 2 aromatic rings. The molecule has 3 heterocycles. The number of nitrogens with zero attached hydrogens (tertiary/aromatic N) is 3. The van der Waals surface area contributed by atoms with E-state index in [1.807, 2.05) is 37.6 Å². The fourth-order valence-electron chi connectivity index (χ4n) is 5.07. The zero-order chi connectivity index (χ0) is 21.3. The molecule has 0 spiro atoms. The summed E-state index contributed by atoms with van der Waals surface area (Å²) in [6.45, 7) is 7.25. The smallest absolute Gasteiger partial charge is 0.410 e. The molecule has 2 unspecified atom stereocenters. The van der Waals surface area contributed by atoms with Crippen molar-refractivity contribution in [1.82, 2.24) is 14.7 Å². The minimum absolute atomic E-state index is 0.0269. The van der Waals surface area contributed by atoms with Crippen LogP contribution in [0.1, 0.15) is 51.8 Å². The van der Waals surface area contributed by atoms with Gasteiger partial charge in [0.2, 0.25) is 0 Å². The van der Waals surface area contributed by atoms with E-state index < -0.39 is 11.2 Å². The van der Waals surface area contributed by atoms with Crippen LogP contribution in [0.3, 0.4) is 0 Å². The number of hydrogen-bond acceptors (Lipinski definition) is 5. The average molecular weight is 434 g/mol. The predicted octanol–water partition coefficient (Wildman–Crippen LogP) is 4.07. The summed E-state index contributed by atoms with van der Waals surface area (Å²) in [7, 11) is 0. The fraction of sp³-hybridized carbons (Fsp3) is 0.636.